The monoisotopic (exact) mass is 145 g/mol. The molecule has 0 aliphatic heterocycles. The Labute approximate surface area is 66.4 Å². The number of rotatable bonds is 3. The molecule has 0 saturated heterocycles. The lowest BCUT2D eigenvalue weighted by atomic mass is 10.2. The van der Waals surface area contributed by atoms with Crippen molar-refractivity contribution < 1.29 is 4.79 Å². The minimum atomic E-state index is 0.370. The highest BCUT2D eigenvalue weighted by molar-refractivity contribution is 5.58. The molecule has 11 heavy (non-hydrogen) atoms. The molecule has 0 atom stereocenters. The van der Waals surface area contributed by atoms with E-state index in [1.165, 1.54) is 0 Å². The lowest BCUT2D eigenvalue weighted by Gasteiger charge is -1.88. The zero-order valence-electron chi connectivity index (χ0n) is 6.16. The quantitative estimate of drug-likeness (QED) is 0.637. The predicted octanol–water partition coefficient (Wildman–Crippen LogP) is 2.20. The molecule has 1 nitrogen and oxygen atoms in total. The Morgan fingerprint density at radius 2 is 2.00 bits per heavy atom. The predicted molar refractivity (Wildman–Crippen MR) is 45.8 cm³/mol. The maximum absolute atomic E-state index is 9.82. The van der Waals surface area contributed by atoms with Gasteiger partial charge in [-0.3, -0.25) is 4.79 Å². The molecule has 0 fully saturated rings. The molecule has 0 spiro atoms. The summed E-state index contributed by atoms with van der Waals surface area (Å²) < 4.78 is 0. The van der Waals surface area contributed by atoms with Gasteiger partial charge in [0.15, 0.2) is 0 Å². The molecular weight excluding hydrogens is 136 g/mol. The van der Waals surface area contributed by atoms with Gasteiger partial charge in [-0.25, -0.2) is 0 Å². The zero-order chi connectivity index (χ0) is 7.94. The normalized spacial score (nSPS) is 10.2. The smallest absolute Gasteiger partial charge is 0.202 e. The summed E-state index contributed by atoms with van der Waals surface area (Å²) in [6.07, 6.45) is 5.87. The fraction of sp³-hybridized carbons (Fsp3) is 0.100. The van der Waals surface area contributed by atoms with E-state index in [1.807, 2.05) is 36.4 Å². The molecule has 0 aliphatic rings. The summed E-state index contributed by atoms with van der Waals surface area (Å²) in [5.41, 5.74) is 1.11. The van der Waals surface area contributed by atoms with Crippen molar-refractivity contribution in [3.05, 3.63) is 42.0 Å². The first kappa shape index (κ1) is 7.73. The van der Waals surface area contributed by atoms with Gasteiger partial charge < -0.3 is 0 Å². The fourth-order valence-electron chi connectivity index (χ4n) is 0.807. The van der Waals surface area contributed by atoms with Gasteiger partial charge >= 0.3 is 0 Å². The molecule has 0 aromatic heterocycles. The van der Waals surface area contributed by atoms with Gasteiger partial charge in [0, 0.05) is 6.42 Å². The van der Waals surface area contributed by atoms with Gasteiger partial charge in [-0.15, -0.1) is 0 Å². The molecule has 0 N–H and O–H groups in total. The van der Waals surface area contributed by atoms with Gasteiger partial charge in [0.1, 0.15) is 0 Å². The largest absolute Gasteiger partial charge is 0.291 e. The number of benzene rings is 1. The van der Waals surface area contributed by atoms with Crippen LogP contribution in [0.3, 0.4) is 0 Å². The minimum Gasteiger partial charge on any atom is -0.291 e. The summed E-state index contributed by atoms with van der Waals surface area (Å²) >= 11 is 0. The van der Waals surface area contributed by atoms with Crippen molar-refractivity contribution in [3.63, 3.8) is 0 Å². The van der Waals surface area contributed by atoms with Crippen LogP contribution in [0.1, 0.15) is 12.0 Å². The van der Waals surface area contributed by atoms with Crippen LogP contribution in [0.15, 0.2) is 36.4 Å². The number of carbonyl (C=O) groups excluding carboxylic acids is 1. The first-order valence-electron chi connectivity index (χ1n) is 3.50. The first-order valence-corrected chi connectivity index (χ1v) is 3.50. The van der Waals surface area contributed by atoms with E-state index in [9.17, 15) is 4.79 Å². The van der Waals surface area contributed by atoms with Crippen molar-refractivity contribution in [2.45, 2.75) is 6.42 Å². The second-order valence-electron chi connectivity index (χ2n) is 2.16. The van der Waals surface area contributed by atoms with Crippen LogP contribution in [0.2, 0.25) is 0 Å². The van der Waals surface area contributed by atoms with Crippen LogP contribution in [0.4, 0.5) is 0 Å². The Morgan fingerprint density at radius 3 is 2.64 bits per heavy atom. The summed E-state index contributed by atoms with van der Waals surface area (Å²) in [6, 6.07) is 9.86. The highest BCUT2D eigenvalue weighted by atomic mass is 16.1. The summed E-state index contributed by atoms with van der Waals surface area (Å²) in [7, 11) is 0. The molecule has 0 saturated carbocycles. The maximum Gasteiger partial charge on any atom is 0.202 e. The van der Waals surface area contributed by atoms with Crippen molar-refractivity contribution in [2.24, 2.45) is 0 Å². The topological polar surface area (TPSA) is 17.1 Å². The zero-order valence-corrected chi connectivity index (χ0v) is 6.16. The molecule has 1 rings (SSSR count). The summed E-state index contributed by atoms with van der Waals surface area (Å²) in [4.78, 5) is 9.82. The molecule has 0 heterocycles. The molecule has 0 unspecified atom stereocenters. The van der Waals surface area contributed by atoms with Crippen LogP contribution in [-0.2, 0) is 4.79 Å². The molecule has 0 amide bonds. The van der Waals surface area contributed by atoms with Crippen LogP contribution in [-0.4, -0.2) is 6.29 Å². The third-order valence-corrected chi connectivity index (χ3v) is 1.31. The average Bonchev–Trinajstić information content (AvgIpc) is 2.07. The van der Waals surface area contributed by atoms with Crippen molar-refractivity contribution in [1.29, 1.82) is 0 Å². The van der Waals surface area contributed by atoms with E-state index in [0.717, 1.165) is 5.56 Å². The number of allylic oxidation sites excluding steroid dienone is 1. The van der Waals surface area contributed by atoms with Gasteiger partial charge in [0.25, 0.3) is 0 Å². The van der Waals surface area contributed by atoms with Crippen molar-refractivity contribution in [1.82, 2.24) is 0 Å². The molecule has 0 aliphatic carbocycles. The maximum atomic E-state index is 9.82. The first-order chi connectivity index (χ1) is 5.43. The van der Waals surface area contributed by atoms with E-state index in [2.05, 4.69) is 0 Å². The number of hydrogen-bond acceptors (Lipinski definition) is 1. The van der Waals surface area contributed by atoms with E-state index in [4.69, 9.17) is 0 Å². The van der Waals surface area contributed by atoms with E-state index in [-0.39, 0.29) is 0 Å². The van der Waals surface area contributed by atoms with Gasteiger partial charge in [-0.05, 0) is 5.56 Å². The summed E-state index contributed by atoms with van der Waals surface area (Å²) in [6.45, 7) is 0. The third kappa shape index (κ3) is 2.80. The van der Waals surface area contributed by atoms with E-state index in [1.54, 1.807) is 12.4 Å². The summed E-state index contributed by atoms with van der Waals surface area (Å²) in [5, 5.41) is 0. The van der Waals surface area contributed by atoms with E-state index in [0.29, 0.717) is 6.42 Å². The lowest BCUT2D eigenvalue weighted by molar-refractivity contribution is 0.556. The van der Waals surface area contributed by atoms with Gasteiger partial charge in [-0.2, -0.15) is 0 Å². The van der Waals surface area contributed by atoms with Crippen molar-refractivity contribution in [2.75, 3.05) is 0 Å². The lowest BCUT2D eigenvalue weighted by Crippen LogP contribution is -1.69. The molecule has 1 radical (unpaired) electrons. The minimum absolute atomic E-state index is 0.370. The number of hydrogen-bond donors (Lipinski definition) is 0. The second kappa shape index (κ2) is 4.45. The van der Waals surface area contributed by atoms with E-state index < -0.39 is 0 Å². The molecular formula is C10H9O. The summed E-state index contributed by atoms with van der Waals surface area (Å²) in [5.74, 6) is 0. The van der Waals surface area contributed by atoms with Crippen molar-refractivity contribution >= 4 is 12.4 Å². The highest BCUT2D eigenvalue weighted by Gasteiger charge is 1.80. The second-order valence-corrected chi connectivity index (χ2v) is 2.16. The van der Waals surface area contributed by atoms with Crippen LogP contribution in [0, 0.1) is 0 Å². The molecule has 0 bridgehead atoms. The standard InChI is InChI=1S/C10H9O/c11-9-5-4-8-10-6-2-1-3-7-10/h1-4,6-8H,5H2. The van der Waals surface area contributed by atoms with Gasteiger partial charge in [0.2, 0.25) is 6.29 Å². The van der Waals surface area contributed by atoms with Gasteiger partial charge in [0.05, 0.1) is 0 Å². The van der Waals surface area contributed by atoms with Crippen molar-refractivity contribution in [3.8, 4) is 0 Å². The van der Waals surface area contributed by atoms with Crippen LogP contribution >= 0.6 is 0 Å². The van der Waals surface area contributed by atoms with Crippen LogP contribution in [0.5, 0.6) is 0 Å². The Morgan fingerprint density at radius 1 is 1.27 bits per heavy atom. The highest BCUT2D eigenvalue weighted by Crippen LogP contribution is 2.00. The SMILES string of the molecule is O=[C]CC=Cc1ccccc1. The molecule has 1 aromatic carbocycles. The fourth-order valence-corrected chi connectivity index (χ4v) is 0.807. The van der Waals surface area contributed by atoms with Gasteiger partial charge in [-0.1, -0.05) is 42.5 Å². The molecule has 1 heteroatoms. The Bertz CT molecular complexity index is 236. The Balaban J connectivity index is 2.57. The van der Waals surface area contributed by atoms with Crippen LogP contribution < -0.4 is 0 Å². The van der Waals surface area contributed by atoms with Crippen LogP contribution in [0.25, 0.3) is 6.08 Å². The Kier molecular flexibility index (Phi) is 3.13. The third-order valence-electron chi connectivity index (χ3n) is 1.31. The average molecular weight is 145 g/mol. The van der Waals surface area contributed by atoms with E-state index >= 15 is 0 Å². The molecule has 1 aromatic rings. The Hall–Kier alpha value is -1.37. The molecule has 55 valence electrons.